The Morgan fingerprint density at radius 3 is 2.02 bits per heavy atom. The van der Waals surface area contributed by atoms with E-state index in [0.717, 1.165) is 76.5 Å². The summed E-state index contributed by atoms with van der Waals surface area (Å²) in [6.45, 7) is 37.1. The van der Waals surface area contributed by atoms with Crippen LogP contribution in [0.4, 0.5) is 0 Å². The van der Waals surface area contributed by atoms with E-state index in [1.807, 2.05) is 62.3 Å². The van der Waals surface area contributed by atoms with Gasteiger partial charge in [0.1, 0.15) is 6.29 Å². The van der Waals surface area contributed by atoms with Crippen molar-refractivity contribution < 1.29 is 39.2 Å². The molecule has 3 fully saturated rings. The van der Waals surface area contributed by atoms with Crippen LogP contribution in [0.5, 0.6) is 0 Å². The summed E-state index contributed by atoms with van der Waals surface area (Å²) in [7, 11) is 7.99. The fourth-order valence-corrected chi connectivity index (χ4v) is 10.7. The Bertz CT molecular complexity index is 1200. The number of oxime groups is 1. The maximum atomic E-state index is 11.9. The van der Waals surface area contributed by atoms with Crippen LogP contribution < -0.4 is 0 Å². The average Bonchev–Trinajstić information content (AvgIpc) is 4.14. The Morgan fingerprint density at radius 1 is 0.984 bits per heavy atom. The molecule has 2 heterocycles. The number of hydrogen-bond acceptors (Lipinski definition) is 10. The van der Waals surface area contributed by atoms with E-state index in [-0.39, 0.29) is 52.4 Å². The fourth-order valence-electron chi connectivity index (χ4n) is 10.0. The second kappa shape index (κ2) is 36.8. The highest BCUT2D eigenvalue weighted by atomic mass is 31.0. The topological polar surface area (TPSA) is 130 Å². The van der Waals surface area contributed by atoms with E-state index in [1.165, 1.54) is 19.3 Å². The van der Waals surface area contributed by atoms with Gasteiger partial charge in [0.15, 0.2) is 6.29 Å². The van der Waals surface area contributed by atoms with Crippen LogP contribution in [0.1, 0.15) is 188 Å². The number of terminal acetylenes is 1. The maximum Gasteiger partial charge on any atom is 0.158 e. The standard InChI is InChI=1S/C32H62NO6P.C14H23NO.3C2H6.CH4O/c1-12-14-26(31(9,13-2)19-37-11)24(7)28(33-36)21(4)16-32(10,40)17-22(5)30(23(6)18-34)39-27-15-20(3)29(35)25(8)38-27;1-4-5-8-15(3)13-9-11(2)16-14(10-13)12-6-7-12;4*1-2/h18,20-27,29-30,35-36H,12-17,19,40H2,1-11H3;1,11-14H,5-10H2,2-3H3;3*1-2H3;2H,1H3/b33-28+;;;;;/t20?,21-,22?,23?,24?,25?,26?,27+,29-,30+,31-,32?;;;;;/m1...../s1. The van der Waals surface area contributed by atoms with Gasteiger partial charge in [-0.2, -0.15) is 0 Å². The maximum absolute atomic E-state index is 11.9. The summed E-state index contributed by atoms with van der Waals surface area (Å²) >= 11 is 0. The van der Waals surface area contributed by atoms with Crippen LogP contribution in [0.2, 0.25) is 0 Å². The summed E-state index contributed by atoms with van der Waals surface area (Å²) in [4.78, 5) is 14.3. The molecule has 1 aliphatic carbocycles. The molecule has 10 nitrogen and oxygen atoms in total. The minimum absolute atomic E-state index is 0.000372. The Balaban J connectivity index is -0.00000127. The van der Waals surface area contributed by atoms with Gasteiger partial charge in [0, 0.05) is 51.5 Å². The van der Waals surface area contributed by atoms with Crippen LogP contribution >= 0.6 is 9.24 Å². The molecule has 2 aliphatic heterocycles. The first kappa shape index (κ1) is 67.1. The molecule has 11 heteroatoms. The van der Waals surface area contributed by atoms with Gasteiger partial charge in [0.2, 0.25) is 0 Å². The highest BCUT2D eigenvalue weighted by Crippen LogP contribution is 2.44. The van der Waals surface area contributed by atoms with Crippen molar-refractivity contribution in [3.8, 4) is 12.3 Å². The number of methoxy groups -OCH3 is 1. The third kappa shape index (κ3) is 23.7. The molecule has 382 valence electrons. The van der Waals surface area contributed by atoms with Crippen molar-refractivity contribution in [2.24, 2.45) is 52.0 Å². The normalized spacial score (nSPS) is 27.8. The molecule has 3 rings (SSSR count). The predicted octanol–water partition coefficient (Wildman–Crippen LogP) is 11.9. The van der Waals surface area contributed by atoms with Crippen LogP contribution in [0, 0.1) is 59.2 Å². The summed E-state index contributed by atoms with van der Waals surface area (Å²) in [5.74, 6) is 3.98. The second-order valence-corrected chi connectivity index (χ2v) is 20.4. The van der Waals surface area contributed by atoms with Crippen molar-refractivity contribution in [3.05, 3.63) is 0 Å². The SMILES string of the molecule is C#CCCN(C)C1CC(C)OC(C2CC2)C1.CC.CC.CC.CCCC(C(C)/C(=N/O)[C@H](C)CC(C)(P)CC(C)[C@H](O[C@H]1CC(C)[C@@H](O)C(C)O1)C(C)C=O)[C@](C)(CC)COC.CO. The number of carbonyl (C=O) groups is 1. The van der Waals surface area contributed by atoms with Gasteiger partial charge in [0.25, 0.3) is 0 Å². The number of carbonyl (C=O) groups excluding carboxylic acids is 1. The van der Waals surface area contributed by atoms with Gasteiger partial charge in [-0.15, -0.1) is 21.6 Å². The number of aldehydes is 1. The first-order valence-corrected chi connectivity index (χ1v) is 26.1. The molecule has 0 aromatic carbocycles. The lowest BCUT2D eigenvalue weighted by molar-refractivity contribution is -0.258. The summed E-state index contributed by atoms with van der Waals surface area (Å²) in [5, 5.41) is 31.2. The zero-order valence-electron chi connectivity index (χ0n) is 45.3. The lowest BCUT2D eigenvalue weighted by Gasteiger charge is -2.42. The second-order valence-electron chi connectivity index (χ2n) is 19.0. The van der Waals surface area contributed by atoms with Gasteiger partial charge in [-0.1, -0.05) is 115 Å². The zero-order chi connectivity index (χ0) is 50.4. The molecule has 11 unspecified atom stereocenters. The van der Waals surface area contributed by atoms with Crippen LogP contribution in [-0.2, 0) is 23.7 Å². The monoisotopic (exact) mass is 931 g/mol. The van der Waals surface area contributed by atoms with E-state index in [1.54, 1.807) is 7.11 Å². The number of rotatable bonds is 22. The van der Waals surface area contributed by atoms with Gasteiger partial charge in [-0.25, -0.2) is 0 Å². The van der Waals surface area contributed by atoms with Crippen molar-refractivity contribution in [2.45, 2.75) is 236 Å². The summed E-state index contributed by atoms with van der Waals surface area (Å²) < 4.78 is 24.1. The van der Waals surface area contributed by atoms with Crippen molar-refractivity contribution in [3.63, 3.8) is 0 Å². The smallest absolute Gasteiger partial charge is 0.158 e. The molecule has 0 amide bonds. The van der Waals surface area contributed by atoms with Crippen LogP contribution in [0.3, 0.4) is 0 Å². The van der Waals surface area contributed by atoms with Gasteiger partial charge in [-0.3, -0.25) is 0 Å². The highest BCUT2D eigenvalue weighted by Gasteiger charge is 2.42. The Morgan fingerprint density at radius 2 is 1.56 bits per heavy atom. The van der Waals surface area contributed by atoms with E-state index in [0.29, 0.717) is 37.2 Å². The van der Waals surface area contributed by atoms with E-state index < -0.39 is 12.4 Å². The van der Waals surface area contributed by atoms with E-state index >= 15 is 0 Å². The minimum Gasteiger partial charge on any atom is -0.411 e. The van der Waals surface area contributed by atoms with E-state index in [2.05, 4.69) is 87.7 Å². The molecule has 16 atom stereocenters. The molecule has 0 bridgehead atoms. The molecule has 0 radical (unpaired) electrons. The third-order valence-corrected chi connectivity index (χ3v) is 14.0. The quantitative estimate of drug-likeness (QED) is 0.0243. The lowest BCUT2D eigenvalue weighted by Crippen LogP contribution is -2.46. The van der Waals surface area contributed by atoms with Gasteiger partial charge >= 0.3 is 0 Å². The zero-order valence-corrected chi connectivity index (χ0v) is 46.4. The van der Waals surface area contributed by atoms with Crippen molar-refractivity contribution in [1.82, 2.24) is 4.90 Å². The Kier molecular flexibility index (Phi) is 38.6. The average molecular weight is 931 g/mol. The van der Waals surface area contributed by atoms with Gasteiger partial charge in [0.05, 0.1) is 42.8 Å². The molecule has 64 heavy (non-hydrogen) atoms. The molecular formula is C53H107N2O8P. The van der Waals surface area contributed by atoms with Crippen LogP contribution in [0.15, 0.2) is 5.16 Å². The van der Waals surface area contributed by atoms with Crippen LogP contribution in [0.25, 0.3) is 0 Å². The molecule has 0 spiro atoms. The molecule has 1 saturated carbocycles. The number of aliphatic hydroxyl groups excluding tert-OH is 2. The molecule has 0 aromatic rings. The van der Waals surface area contributed by atoms with E-state index in [4.69, 9.17) is 30.5 Å². The first-order chi connectivity index (χ1) is 30.3. The summed E-state index contributed by atoms with van der Waals surface area (Å²) in [6, 6.07) is 0.669. The number of ether oxygens (including phenoxy) is 4. The lowest BCUT2D eigenvalue weighted by atomic mass is 9.65. The first-order valence-electron chi connectivity index (χ1n) is 25.5. The molecule has 3 N–H and O–H groups in total. The fraction of sp³-hybridized carbons (Fsp3) is 0.925. The van der Waals surface area contributed by atoms with Crippen molar-refractivity contribution in [2.75, 3.05) is 34.4 Å². The number of nitrogens with zero attached hydrogens (tertiary/aromatic N) is 2. The molecule has 0 aromatic heterocycles. The highest BCUT2D eigenvalue weighted by molar-refractivity contribution is 7.18. The Hall–Kier alpha value is -1.15. The third-order valence-electron chi connectivity index (χ3n) is 13.5. The Labute approximate surface area is 399 Å². The van der Waals surface area contributed by atoms with Crippen molar-refractivity contribution in [1.29, 1.82) is 0 Å². The largest absolute Gasteiger partial charge is 0.411 e. The summed E-state index contributed by atoms with van der Waals surface area (Å²) in [6.07, 6.45) is 17.0. The number of aliphatic hydroxyl groups is 2. The molecular weight excluding hydrogens is 824 g/mol. The van der Waals surface area contributed by atoms with Gasteiger partial charge < -0.3 is 44.1 Å². The van der Waals surface area contributed by atoms with Crippen molar-refractivity contribution >= 4 is 21.2 Å². The number of hydrogen-bond donors (Lipinski definition) is 3. The van der Waals surface area contributed by atoms with Crippen LogP contribution in [-0.4, -0.2) is 115 Å². The molecule has 3 aliphatic rings. The predicted molar refractivity (Wildman–Crippen MR) is 275 cm³/mol. The van der Waals surface area contributed by atoms with Gasteiger partial charge in [-0.05, 0) is 112 Å². The van der Waals surface area contributed by atoms with E-state index in [9.17, 15) is 15.1 Å². The summed E-state index contributed by atoms with van der Waals surface area (Å²) in [5.41, 5.74) is 0.849. The molecule has 2 saturated heterocycles. The minimum atomic E-state index is -0.512.